The molecule has 0 N–H and O–H groups in total. The highest BCUT2D eigenvalue weighted by Gasteiger charge is 1.99. The third-order valence-corrected chi connectivity index (χ3v) is 2.22. The Morgan fingerprint density at radius 3 is 2.79 bits per heavy atom. The standard InChI is InChI=1S/C8H6BrClN4/c9-6-3-11-14(4-6)5-7-1-2-8(10)13-12-7/h1-4H,5H2. The molecule has 14 heavy (non-hydrogen) atoms. The summed E-state index contributed by atoms with van der Waals surface area (Å²) in [6.45, 7) is 0.593. The molecular weight excluding hydrogens is 267 g/mol. The second-order valence-electron chi connectivity index (χ2n) is 2.70. The smallest absolute Gasteiger partial charge is 0.151 e. The normalized spacial score (nSPS) is 10.4. The highest BCUT2D eigenvalue weighted by molar-refractivity contribution is 9.10. The third-order valence-electron chi connectivity index (χ3n) is 1.61. The molecule has 0 bridgehead atoms. The summed E-state index contributed by atoms with van der Waals surface area (Å²) in [5, 5.41) is 12.2. The van der Waals surface area contributed by atoms with Gasteiger partial charge in [-0.15, -0.1) is 5.10 Å². The van der Waals surface area contributed by atoms with Crippen molar-refractivity contribution in [1.82, 2.24) is 20.0 Å². The van der Waals surface area contributed by atoms with Crippen molar-refractivity contribution in [2.45, 2.75) is 6.54 Å². The largest absolute Gasteiger partial charge is 0.266 e. The van der Waals surface area contributed by atoms with Crippen molar-refractivity contribution < 1.29 is 0 Å². The average Bonchev–Trinajstić information content (AvgIpc) is 2.56. The summed E-state index contributed by atoms with van der Waals surface area (Å²) in [4.78, 5) is 0. The lowest BCUT2D eigenvalue weighted by atomic mass is 10.4. The minimum atomic E-state index is 0.399. The molecule has 4 nitrogen and oxygen atoms in total. The van der Waals surface area contributed by atoms with E-state index in [-0.39, 0.29) is 0 Å². The van der Waals surface area contributed by atoms with Crippen molar-refractivity contribution in [3.05, 3.63) is 39.8 Å². The SMILES string of the molecule is Clc1ccc(Cn2cc(Br)cn2)nn1. The molecule has 6 heteroatoms. The zero-order valence-electron chi connectivity index (χ0n) is 7.06. The molecule has 0 aliphatic heterocycles. The highest BCUT2D eigenvalue weighted by Crippen LogP contribution is 2.08. The molecule has 0 saturated heterocycles. The summed E-state index contributed by atoms with van der Waals surface area (Å²) in [6, 6.07) is 3.54. The Kier molecular flexibility index (Phi) is 2.79. The molecule has 0 fully saturated rings. The zero-order chi connectivity index (χ0) is 9.97. The molecule has 0 amide bonds. The third kappa shape index (κ3) is 2.30. The number of hydrogen-bond donors (Lipinski definition) is 0. The molecule has 2 aromatic rings. The van der Waals surface area contributed by atoms with Crippen LogP contribution in [0.15, 0.2) is 29.0 Å². The van der Waals surface area contributed by atoms with Crippen LogP contribution in [0.2, 0.25) is 5.15 Å². The Morgan fingerprint density at radius 2 is 2.21 bits per heavy atom. The van der Waals surface area contributed by atoms with Crippen molar-refractivity contribution >= 4 is 27.5 Å². The molecule has 72 valence electrons. The van der Waals surface area contributed by atoms with E-state index in [0.717, 1.165) is 10.2 Å². The van der Waals surface area contributed by atoms with Gasteiger partial charge in [0.1, 0.15) is 0 Å². The lowest BCUT2D eigenvalue weighted by molar-refractivity contribution is 0.663. The molecule has 2 aromatic heterocycles. The van der Waals surface area contributed by atoms with Gasteiger partial charge in [-0.3, -0.25) is 4.68 Å². The molecular formula is C8H6BrClN4. The van der Waals surface area contributed by atoms with E-state index >= 15 is 0 Å². The van der Waals surface area contributed by atoms with Crippen molar-refractivity contribution in [1.29, 1.82) is 0 Å². The van der Waals surface area contributed by atoms with Crippen LogP contribution >= 0.6 is 27.5 Å². The van der Waals surface area contributed by atoms with Crippen molar-refractivity contribution in [2.75, 3.05) is 0 Å². The minimum absolute atomic E-state index is 0.399. The Balaban J connectivity index is 2.15. The first-order valence-electron chi connectivity index (χ1n) is 3.90. The van der Waals surface area contributed by atoms with Gasteiger partial charge in [0, 0.05) is 6.20 Å². The van der Waals surface area contributed by atoms with E-state index in [9.17, 15) is 0 Å². The van der Waals surface area contributed by atoms with Gasteiger partial charge in [-0.2, -0.15) is 10.2 Å². The second-order valence-corrected chi connectivity index (χ2v) is 4.01. The van der Waals surface area contributed by atoms with Crippen LogP contribution < -0.4 is 0 Å². The monoisotopic (exact) mass is 272 g/mol. The van der Waals surface area contributed by atoms with E-state index in [1.807, 2.05) is 12.3 Å². The molecule has 0 aliphatic rings. The fourth-order valence-electron chi connectivity index (χ4n) is 1.02. The zero-order valence-corrected chi connectivity index (χ0v) is 9.40. The van der Waals surface area contributed by atoms with E-state index in [1.54, 1.807) is 16.9 Å². The minimum Gasteiger partial charge on any atom is -0.266 e. The predicted molar refractivity (Wildman–Crippen MR) is 56.1 cm³/mol. The van der Waals surface area contributed by atoms with Crippen LogP contribution in [0.4, 0.5) is 0 Å². The Labute approximate surface area is 94.0 Å². The van der Waals surface area contributed by atoms with Crippen LogP contribution in [0.3, 0.4) is 0 Å². The first-order valence-corrected chi connectivity index (χ1v) is 5.07. The van der Waals surface area contributed by atoms with Crippen LogP contribution in [0, 0.1) is 0 Å². The van der Waals surface area contributed by atoms with Gasteiger partial charge < -0.3 is 0 Å². The maximum atomic E-state index is 5.62. The van der Waals surface area contributed by atoms with Gasteiger partial charge in [0.15, 0.2) is 5.15 Å². The van der Waals surface area contributed by atoms with Crippen LogP contribution in [0.5, 0.6) is 0 Å². The predicted octanol–water partition coefficient (Wildman–Crippen LogP) is 2.14. The number of rotatable bonds is 2. The molecule has 0 aliphatic carbocycles. The molecule has 2 heterocycles. The molecule has 0 spiro atoms. The van der Waals surface area contributed by atoms with Gasteiger partial charge in [-0.1, -0.05) is 11.6 Å². The lowest BCUT2D eigenvalue weighted by Crippen LogP contribution is -2.02. The molecule has 0 saturated carbocycles. The fraction of sp³-hybridized carbons (Fsp3) is 0.125. The quantitative estimate of drug-likeness (QED) is 0.842. The number of aromatic nitrogens is 4. The molecule has 0 atom stereocenters. The Bertz CT molecular complexity index is 425. The van der Waals surface area contributed by atoms with Gasteiger partial charge in [0.25, 0.3) is 0 Å². The maximum absolute atomic E-state index is 5.62. The lowest BCUT2D eigenvalue weighted by Gasteiger charge is -1.99. The van der Waals surface area contributed by atoms with Crippen LogP contribution in [0.1, 0.15) is 5.69 Å². The molecule has 2 rings (SSSR count). The van der Waals surface area contributed by atoms with Gasteiger partial charge in [0.05, 0.1) is 22.9 Å². The molecule has 0 unspecified atom stereocenters. The number of nitrogens with zero attached hydrogens (tertiary/aromatic N) is 4. The van der Waals surface area contributed by atoms with Crippen LogP contribution in [0.25, 0.3) is 0 Å². The maximum Gasteiger partial charge on any atom is 0.151 e. The fourth-order valence-corrected chi connectivity index (χ4v) is 1.45. The van der Waals surface area contributed by atoms with Gasteiger partial charge >= 0.3 is 0 Å². The second kappa shape index (κ2) is 4.06. The van der Waals surface area contributed by atoms with E-state index in [0.29, 0.717) is 11.7 Å². The summed E-state index contributed by atoms with van der Waals surface area (Å²) in [5.41, 5.74) is 0.824. The summed E-state index contributed by atoms with van der Waals surface area (Å²) in [5.74, 6) is 0. The highest BCUT2D eigenvalue weighted by atomic mass is 79.9. The van der Waals surface area contributed by atoms with Crippen LogP contribution in [-0.4, -0.2) is 20.0 Å². The van der Waals surface area contributed by atoms with Crippen LogP contribution in [-0.2, 0) is 6.54 Å². The molecule has 0 aromatic carbocycles. The first kappa shape index (κ1) is 9.61. The summed E-state index contributed by atoms with van der Waals surface area (Å²) in [6.07, 6.45) is 3.60. The number of halogens is 2. The van der Waals surface area contributed by atoms with E-state index in [1.165, 1.54) is 0 Å². The Hall–Kier alpha value is -0.940. The van der Waals surface area contributed by atoms with Gasteiger partial charge in [0.2, 0.25) is 0 Å². The summed E-state index contributed by atoms with van der Waals surface area (Å²) >= 11 is 8.93. The Morgan fingerprint density at radius 1 is 1.36 bits per heavy atom. The van der Waals surface area contributed by atoms with E-state index in [4.69, 9.17) is 11.6 Å². The van der Waals surface area contributed by atoms with Crippen molar-refractivity contribution in [3.8, 4) is 0 Å². The average molecular weight is 274 g/mol. The van der Waals surface area contributed by atoms with Gasteiger partial charge in [-0.25, -0.2) is 0 Å². The summed E-state index contributed by atoms with van der Waals surface area (Å²) < 4.78 is 2.71. The first-order chi connectivity index (χ1) is 6.74. The topological polar surface area (TPSA) is 43.6 Å². The molecule has 0 radical (unpaired) electrons. The van der Waals surface area contributed by atoms with Gasteiger partial charge in [-0.05, 0) is 28.1 Å². The van der Waals surface area contributed by atoms with Crippen molar-refractivity contribution in [3.63, 3.8) is 0 Å². The number of hydrogen-bond acceptors (Lipinski definition) is 3. The summed E-state index contributed by atoms with van der Waals surface area (Å²) in [7, 11) is 0. The van der Waals surface area contributed by atoms with E-state index in [2.05, 4.69) is 31.2 Å². The van der Waals surface area contributed by atoms with Crippen molar-refractivity contribution in [2.24, 2.45) is 0 Å². The van der Waals surface area contributed by atoms with E-state index < -0.39 is 0 Å².